The first-order chi connectivity index (χ1) is 14.3. The van der Waals surface area contributed by atoms with Gasteiger partial charge in [-0.15, -0.1) is 0 Å². The van der Waals surface area contributed by atoms with E-state index in [1.54, 1.807) is 0 Å². The predicted molar refractivity (Wildman–Crippen MR) is 125 cm³/mol. The van der Waals surface area contributed by atoms with Gasteiger partial charge in [0, 0.05) is 32.0 Å². The van der Waals surface area contributed by atoms with Crippen LogP contribution in [0.25, 0.3) is 0 Å². The largest absolute Gasteiger partial charge is 0.353 e. The summed E-state index contributed by atoms with van der Waals surface area (Å²) < 4.78 is 2.07. The highest BCUT2D eigenvalue weighted by Crippen LogP contribution is 2.13. The summed E-state index contributed by atoms with van der Waals surface area (Å²) >= 11 is 0. The Morgan fingerprint density at radius 1 is 0.621 bits per heavy atom. The van der Waals surface area contributed by atoms with Gasteiger partial charge in [-0.25, -0.2) is 4.79 Å². The van der Waals surface area contributed by atoms with Gasteiger partial charge in [-0.2, -0.15) is 0 Å². The summed E-state index contributed by atoms with van der Waals surface area (Å²) in [6.07, 6.45) is 26.0. The SMILES string of the molecule is CCCCCCCCCCCCCCCCCCNC(=O)NCCn1cccc1. The highest BCUT2D eigenvalue weighted by atomic mass is 16.2. The van der Waals surface area contributed by atoms with E-state index in [1.165, 1.54) is 96.3 Å². The molecule has 0 atom stereocenters. The number of urea groups is 1. The van der Waals surface area contributed by atoms with Crippen molar-refractivity contribution < 1.29 is 4.79 Å². The summed E-state index contributed by atoms with van der Waals surface area (Å²) in [6, 6.07) is 3.95. The van der Waals surface area contributed by atoms with Gasteiger partial charge in [0.1, 0.15) is 0 Å². The molecular weight excluding hydrogens is 358 g/mol. The van der Waals surface area contributed by atoms with Crippen molar-refractivity contribution in [1.29, 1.82) is 0 Å². The van der Waals surface area contributed by atoms with E-state index in [-0.39, 0.29) is 6.03 Å². The molecule has 0 aliphatic carbocycles. The molecule has 1 rings (SSSR count). The van der Waals surface area contributed by atoms with Crippen molar-refractivity contribution in [3.05, 3.63) is 24.5 Å². The number of carbonyl (C=O) groups is 1. The van der Waals surface area contributed by atoms with Crippen LogP contribution in [0.5, 0.6) is 0 Å². The molecule has 1 heterocycles. The van der Waals surface area contributed by atoms with Gasteiger partial charge in [-0.1, -0.05) is 103 Å². The molecule has 1 aromatic heterocycles. The van der Waals surface area contributed by atoms with Gasteiger partial charge in [-0.3, -0.25) is 0 Å². The Labute approximate surface area is 180 Å². The van der Waals surface area contributed by atoms with Gasteiger partial charge in [0.25, 0.3) is 0 Å². The summed E-state index contributed by atoms with van der Waals surface area (Å²) in [5, 5.41) is 5.86. The lowest BCUT2D eigenvalue weighted by molar-refractivity contribution is 0.240. The molecule has 0 bridgehead atoms. The van der Waals surface area contributed by atoms with Gasteiger partial charge in [0.05, 0.1) is 0 Å². The molecule has 0 unspecified atom stereocenters. The van der Waals surface area contributed by atoms with Gasteiger partial charge in [0.2, 0.25) is 0 Å². The number of hydrogen-bond acceptors (Lipinski definition) is 1. The minimum Gasteiger partial charge on any atom is -0.353 e. The van der Waals surface area contributed by atoms with E-state index in [9.17, 15) is 4.79 Å². The average molecular weight is 406 g/mol. The minimum atomic E-state index is -0.0434. The lowest BCUT2D eigenvalue weighted by Crippen LogP contribution is -2.37. The summed E-state index contributed by atoms with van der Waals surface area (Å²) in [6.45, 7) is 4.55. The third-order valence-corrected chi connectivity index (χ3v) is 5.64. The van der Waals surface area contributed by atoms with Crippen molar-refractivity contribution in [2.24, 2.45) is 0 Å². The van der Waals surface area contributed by atoms with Crippen LogP contribution in [0.3, 0.4) is 0 Å². The fraction of sp³-hybridized carbons (Fsp3) is 0.800. The first-order valence-electron chi connectivity index (χ1n) is 12.5. The van der Waals surface area contributed by atoms with Crippen LogP contribution in [0.1, 0.15) is 110 Å². The van der Waals surface area contributed by atoms with Gasteiger partial charge < -0.3 is 15.2 Å². The predicted octanol–water partition coefficient (Wildman–Crippen LogP) is 7.05. The van der Waals surface area contributed by atoms with Crippen molar-refractivity contribution >= 4 is 6.03 Å². The number of aromatic nitrogens is 1. The zero-order valence-corrected chi connectivity index (χ0v) is 19.1. The third kappa shape index (κ3) is 17.1. The molecule has 29 heavy (non-hydrogen) atoms. The summed E-state index contributed by atoms with van der Waals surface area (Å²) in [7, 11) is 0. The van der Waals surface area contributed by atoms with E-state index in [1.807, 2.05) is 24.5 Å². The molecule has 2 amide bonds. The monoisotopic (exact) mass is 405 g/mol. The van der Waals surface area contributed by atoms with E-state index in [4.69, 9.17) is 0 Å². The number of hydrogen-bond donors (Lipinski definition) is 2. The summed E-state index contributed by atoms with van der Waals surface area (Å²) in [4.78, 5) is 11.7. The van der Waals surface area contributed by atoms with Gasteiger partial charge in [0.15, 0.2) is 0 Å². The first-order valence-corrected chi connectivity index (χ1v) is 12.5. The zero-order valence-electron chi connectivity index (χ0n) is 19.1. The average Bonchev–Trinajstić information content (AvgIpc) is 3.24. The molecule has 2 N–H and O–H groups in total. The standard InChI is InChI=1S/C25H47N3O/c1-2-3-4-5-6-7-8-9-10-11-12-13-14-15-16-17-20-26-25(29)27-21-24-28-22-18-19-23-28/h18-19,22-23H,2-17,20-21,24H2,1H3,(H2,26,27,29). The van der Waals surface area contributed by atoms with E-state index in [0.29, 0.717) is 6.54 Å². The van der Waals surface area contributed by atoms with Crippen molar-refractivity contribution in [1.82, 2.24) is 15.2 Å². The smallest absolute Gasteiger partial charge is 0.314 e. The Kier molecular flexibility index (Phi) is 17.5. The van der Waals surface area contributed by atoms with Crippen LogP contribution in [-0.4, -0.2) is 23.7 Å². The normalized spacial score (nSPS) is 10.9. The van der Waals surface area contributed by atoms with Gasteiger partial charge >= 0.3 is 6.03 Å². The van der Waals surface area contributed by atoms with Crippen molar-refractivity contribution in [2.45, 2.75) is 116 Å². The minimum absolute atomic E-state index is 0.0434. The molecule has 0 radical (unpaired) electrons. The van der Waals surface area contributed by atoms with Crippen molar-refractivity contribution in [2.75, 3.05) is 13.1 Å². The van der Waals surface area contributed by atoms with E-state index in [2.05, 4.69) is 22.1 Å². The number of unbranched alkanes of at least 4 members (excludes halogenated alkanes) is 15. The molecule has 0 saturated heterocycles. The summed E-state index contributed by atoms with van der Waals surface area (Å²) in [5.74, 6) is 0. The Hall–Kier alpha value is -1.45. The Morgan fingerprint density at radius 2 is 1.03 bits per heavy atom. The molecule has 0 aliphatic rings. The quantitative estimate of drug-likeness (QED) is 0.224. The number of nitrogens with zero attached hydrogens (tertiary/aromatic N) is 1. The lowest BCUT2D eigenvalue weighted by Gasteiger charge is -2.08. The molecule has 168 valence electrons. The number of carbonyl (C=O) groups excluding carboxylic acids is 1. The van der Waals surface area contributed by atoms with Crippen LogP contribution in [0.15, 0.2) is 24.5 Å². The second-order valence-electron chi connectivity index (χ2n) is 8.41. The Balaban J connectivity index is 1.71. The zero-order chi connectivity index (χ0) is 20.8. The summed E-state index contributed by atoms with van der Waals surface area (Å²) in [5.41, 5.74) is 0. The fourth-order valence-electron chi connectivity index (χ4n) is 3.76. The Morgan fingerprint density at radius 3 is 1.52 bits per heavy atom. The van der Waals surface area contributed by atoms with E-state index >= 15 is 0 Å². The molecule has 0 saturated carbocycles. The van der Waals surface area contributed by atoms with Crippen molar-refractivity contribution in [3.63, 3.8) is 0 Å². The highest BCUT2D eigenvalue weighted by molar-refractivity contribution is 5.73. The van der Waals surface area contributed by atoms with Crippen LogP contribution in [0.2, 0.25) is 0 Å². The highest BCUT2D eigenvalue weighted by Gasteiger charge is 1.99. The van der Waals surface area contributed by atoms with Gasteiger partial charge in [-0.05, 0) is 18.6 Å². The fourth-order valence-corrected chi connectivity index (χ4v) is 3.76. The molecule has 1 aromatic rings. The molecule has 0 aliphatic heterocycles. The molecule has 4 heteroatoms. The topological polar surface area (TPSA) is 46.1 Å². The van der Waals surface area contributed by atoms with Crippen LogP contribution in [-0.2, 0) is 6.54 Å². The van der Waals surface area contributed by atoms with Crippen molar-refractivity contribution in [3.8, 4) is 0 Å². The van der Waals surface area contributed by atoms with Crippen LogP contribution < -0.4 is 10.6 Å². The first kappa shape index (κ1) is 25.6. The third-order valence-electron chi connectivity index (χ3n) is 5.64. The number of amides is 2. The van der Waals surface area contributed by atoms with Crippen LogP contribution in [0, 0.1) is 0 Å². The molecular formula is C25H47N3O. The lowest BCUT2D eigenvalue weighted by atomic mass is 10.0. The molecule has 0 aromatic carbocycles. The maximum absolute atomic E-state index is 11.7. The number of rotatable bonds is 20. The Bertz CT molecular complexity index is 459. The van der Waals surface area contributed by atoms with E-state index < -0.39 is 0 Å². The second-order valence-corrected chi connectivity index (χ2v) is 8.41. The molecule has 0 spiro atoms. The second kappa shape index (κ2) is 19.8. The van der Waals surface area contributed by atoms with Crippen LogP contribution >= 0.6 is 0 Å². The van der Waals surface area contributed by atoms with E-state index in [0.717, 1.165) is 19.5 Å². The maximum atomic E-state index is 11.7. The molecule has 0 fully saturated rings. The number of nitrogens with one attached hydrogen (secondary N) is 2. The van der Waals surface area contributed by atoms with Crippen LogP contribution in [0.4, 0.5) is 4.79 Å². The molecule has 4 nitrogen and oxygen atoms in total. The maximum Gasteiger partial charge on any atom is 0.314 e.